The Labute approximate surface area is 52.8 Å². The van der Waals surface area contributed by atoms with Crippen LogP contribution in [0.5, 0.6) is 0 Å². The zero-order chi connectivity index (χ0) is 6.85. The van der Waals surface area contributed by atoms with Crippen LogP contribution < -0.4 is 5.32 Å². The number of nitrogens with one attached hydrogen (secondary N) is 1. The first-order valence-electron chi connectivity index (χ1n) is 2.80. The zero-order valence-electron chi connectivity index (χ0n) is 5.13. The van der Waals surface area contributed by atoms with Gasteiger partial charge in [0.15, 0.2) is 0 Å². The Hall–Kier alpha value is -0.610. The highest BCUT2D eigenvalue weighted by Crippen LogP contribution is 2.00. The van der Waals surface area contributed by atoms with E-state index in [2.05, 4.69) is 5.32 Å². The third kappa shape index (κ3) is 1.40. The van der Waals surface area contributed by atoms with Gasteiger partial charge in [0.2, 0.25) is 0 Å². The van der Waals surface area contributed by atoms with Gasteiger partial charge < -0.3 is 9.84 Å². The van der Waals surface area contributed by atoms with E-state index in [1.54, 1.807) is 6.92 Å². The zero-order valence-corrected chi connectivity index (χ0v) is 5.13. The molecule has 0 amide bonds. The molecule has 0 aromatic heterocycles. The number of hydrogen-bond acceptors (Lipinski definition) is 3. The monoisotopic (exact) mass is 131 g/mol. The molecule has 1 saturated heterocycles. The van der Waals surface area contributed by atoms with Crippen molar-refractivity contribution in [2.75, 3.05) is 6.61 Å². The first kappa shape index (κ1) is 6.51. The van der Waals surface area contributed by atoms with Crippen LogP contribution in [0.25, 0.3) is 0 Å². The number of carbonyl (C=O) groups is 1. The van der Waals surface area contributed by atoms with E-state index in [-0.39, 0.29) is 12.8 Å². The number of aliphatic carboxylic acids is 1. The van der Waals surface area contributed by atoms with Gasteiger partial charge in [-0.25, -0.2) is 0 Å². The molecule has 2 atom stereocenters. The summed E-state index contributed by atoms with van der Waals surface area (Å²) in [5.74, 6) is -0.848. The standard InChI is InChI=1S/C5H9NO3/c1-3-6-4(2-9-3)5(7)8/h3-4,6H,2H2,1H3,(H,7,8)/t3-,4?/m1/s1. The highest BCUT2D eigenvalue weighted by Gasteiger charge is 2.26. The van der Waals surface area contributed by atoms with Crippen molar-refractivity contribution in [1.29, 1.82) is 0 Å². The molecule has 4 nitrogen and oxygen atoms in total. The van der Waals surface area contributed by atoms with Gasteiger partial charge >= 0.3 is 5.97 Å². The van der Waals surface area contributed by atoms with Crippen molar-refractivity contribution in [2.45, 2.75) is 19.2 Å². The molecule has 0 bridgehead atoms. The predicted molar refractivity (Wildman–Crippen MR) is 30.0 cm³/mol. The smallest absolute Gasteiger partial charge is 0.323 e. The fourth-order valence-corrected chi connectivity index (χ4v) is 0.763. The average molecular weight is 131 g/mol. The minimum absolute atomic E-state index is 0.119. The molecule has 0 radical (unpaired) electrons. The Balaban J connectivity index is 2.39. The molecule has 4 heteroatoms. The van der Waals surface area contributed by atoms with Crippen molar-refractivity contribution in [3.63, 3.8) is 0 Å². The lowest BCUT2D eigenvalue weighted by molar-refractivity contribution is -0.139. The Kier molecular flexibility index (Phi) is 1.68. The van der Waals surface area contributed by atoms with Crippen LogP contribution in [0.1, 0.15) is 6.92 Å². The first-order chi connectivity index (χ1) is 4.20. The second-order valence-corrected chi connectivity index (χ2v) is 2.03. The highest BCUT2D eigenvalue weighted by atomic mass is 16.5. The Morgan fingerprint density at radius 3 is 2.78 bits per heavy atom. The molecule has 1 fully saturated rings. The Morgan fingerprint density at radius 2 is 2.56 bits per heavy atom. The maximum atomic E-state index is 10.2. The average Bonchev–Trinajstić information content (AvgIpc) is 2.14. The molecule has 9 heavy (non-hydrogen) atoms. The van der Waals surface area contributed by atoms with Gasteiger partial charge in [-0.3, -0.25) is 10.1 Å². The molecular weight excluding hydrogens is 122 g/mol. The van der Waals surface area contributed by atoms with Gasteiger partial charge in [-0.15, -0.1) is 0 Å². The summed E-state index contributed by atoms with van der Waals surface area (Å²) in [7, 11) is 0. The normalized spacial score (nSPS) is 34.8. The Morgan fingerprint density at radius 1 is 1.89 bits per heavy atom. The maximum Gasteiger partial charge on any atom is 0.323 e. The van der Waals surface area contributed by atoms with Gasteiger partial charge in [0.25, 0.3) is 0 Å². The minimum Gasteiger partial charge on any atom is -0.480 e. The number of carboxylic acids is 1. The van der Waals surface area contributed by atoms with E-state index < -0.39 is 12.0 Å². The lowest BCUT2D eigenvalue weighted by Gasteiger charge is -2.01. The third-order valence-electron chi connectivity index (χ3n) is 1.25. The molecule has 1 unspecified atom stereocenters. The molecule has 1 aliphatic rings. The van der Waals surface area contributed by atoms with Gasteiger partial charge in [-0.05, 0) is 6.92 Å². The molecule has 52 valence electrons. The van der Waals surface area contributed by atoms with Crippen LogP contribution in [-0.2, 0) is 9.53 Å². The molecule has 0 aromatic carbocycles. The first-order valence-corrected chi connectivity index (χ1v) is 2.80. The van der Waals surface area contributed by atoms with Gasteiger partial charge in [0, 0.05) is 0 Å². The van der Waals surface area contributed by atoms with Gasteiger partial charge in [-0.1, -0.05) is 0 Å². The SMILES string of the molecule is C[C@@H]1NC(C(=O)O)CO1. The van der Waals surface area contributed by atoms with E-state index in [9.17, 15) is 4.79 Å². The highest BCUT2D eigenvalue weighted by molar-refractivity contribution is 5.73. The number of rotatable bonds is 1. The van der Waals surface area contributed by atoms with Crippen LogP contribution in [-0.4, -0.2) is 30.0 Å². The van der Waals surface area contributed by atoms with Crippen LogP contribution in [0.2, 0.25) is 0 Å². The van der Waals surface area contributed by atoms with Crippen LogP contribution in [0.4, 0.5) is 0 Å². The van der Waals surface area contributed by atoms with Crippen molar-refractivity contribution < 1.29 is 14.6 Å². The lowest BCUT2D eigenvalue weighted by Crippen LogP contribution is -2.35. The van der Waals surface area contributed by atoms with Gasteiger partial charge in [-0.2, -0.15) is 0 Å². The third-order valence-corrected chi connectivity index (χ3v) is 1.25. The van der Waals surface area contributed by atoms with Crippen molar-refractivity contribution in [1.82, 2.24) is 5.32 Å². The molecule has 2 N–H and O–H groups in total. The van der Waals surface area contributed by atoms with Gasteiger partial charge in [0.05, 0.1) is 6.61 Å². The summed E-state index contributed by atoms with van der Waals surface area (Å²) in [4.78, 5) is 10.2. The lowest BCUT2D eigenvalue weighted by atomic mass is 10.3. The molecule has 0 spiro atoms. The van der Waals surface area contributed by atoms with E-state index in [1.165, 1.54) is 0 Å². The summed E-state index contributed by atoms with van der Waals surface area (Å²) in [5.41, 5.74) is 0. The summed E-state index contributed by atoms with van der Waals surface area (Å²) < 4.78 is 4.93. The fourth-order valence-electron chi connectivity index (χ4n) is 0.763. The van der Waals surface area contributed by atoms with E-state index in [0.29, 0.717) is 0 Å². The molecule has 0 saturated carbocycles. The largest absolute Gasteiger partial charge is 0.480 e. The predicted octanol–water partition coefficient (Wildman–Crippen LogP) is -0.595. The van der Waals surface area contributed by atoms with Crippen LogP contribution >= 0.6 is 0 Å². The number of hydrogen-bond donors (Lipinski definition) is 2. The van der Waals surface area contributed by atoms with E-state index in [4.69, 9.17) is 9.84 Å². The number of carboxylic acid groups (broad SMARTS) is 1. The maximum absolute atomic E-state index is 10.2. The van der Waals surface area contributed by atoms with Crippen LogP contribution in [0.3, 0.4) is 0 Å². The molecule has 1 aliphatic heterocycles. The van der Waals surface area contributed by atoms with Gasteiger partial charge in [0.1, 0.15) is 12.3 Å². The second-order valence-electron chi connectivity index (χ2n) is 2.03. The van der Waals surface area contributed by atoms with Crippen molar-refractivity contribution in [2.24, 2.45) is 0 Å². The second kappa shape index (κ2) is 2.33. The quantitative estimate of drug-likeness (QED) is 0.499. The van der Waals surface area contributed by atoms with E-state index >= 15 is 0 Å². The Bertz CT molecular complexity index is 125. The fraction of sp³-hybridized carbons (Fsp3) is 0.800. The van der Waals surface area contributed by atoms with Crippen LogP contribution in [0, 0.1) is 0 Å². The van der Waals surface area contributed by atoms with Crippen molar-refractivity contribution >= 4 is 5.97 Å². The van der Waals surface area contributed by atoms with Crippen molar-refractivity contribution in [3.05, 3.63) is 0 Å². The molecule has 1 rings (SSSR count). The molecular formula is C5H9NO3. The van der Waals surface area contributed by atoms with E-state index in [1.807, 2.05) is 0 Å². The summed E-state index contributed by atoms with van der Waals surface area (Å²) in [6, 6.07) is -0.514. The summed E-state index contributed by atoms with van der Waals surface area (Å²) in [6.07, 6.45) is -0.119. The minimum atomic E-state index is -0.848. The number of ether oxygens (including phenoxy) is 1. The summed E-state index contributed by atoms with van der Waals surface area (Å²) >= 11 is 0. The van der Waals surface area contributed by atoms with Crippen molar-refractivity contribution in [3.8, 4) is 0 Å². The summed E-state index contributed by atoms with van der Waals surface area (Å²) in [5, 5.41) is 11.1. The molecule has 0 aliphatic carbocycles. The van der Waals surface area contributed by atoms with Crippen LogP contribution in [0.15, 0.2) is 0 Å². The molecule has 1 heterocycles. The molecule has 0 aromatic rings. The summed E-state index contributed by atoms with van der Waals surface area (Å²) in [6.45, 7) is 2.05. The topological polar surface area (TPSA) is 58.6 Å². The van der Waals surface area contributed by atoms with E-state index in [0.717, 1.165) is 0 Å².